The van der Waals surface area contributed by atoms with Gasteiger partial charge in [0.05, 0.1) is 13.7 Å². The number of hydrogen-bond donors (Lipinski definition) is 1. The molecule has 3 nitrogen and oxygen atoms in total. The Morgan fingerprint density at radius 1 is 1.17 bits per heavy atom. The van der Waals surface area contributed by atoms with Gasteiger partial charge in [0.15, 0.2) is 11.5 Å². The molecule has 0 spiro atoms. The zero-order valence-corrected chi connectivity index (χ0v) is 11.9. The largest absolute Gasteiger partial charge is 0.493 e. The van der Waals surface area contributed by atoms with Crippen LogP contribution in [-0.4, -0.2) is 20.3 Å². The second kappa shape index (κ2) is 6.64. The number of benzene rings is 1. The first-order valence-electron chi connectivity index (χ1n) is 6.42. The molecule has 1 aromatic rings. The van der Waals surface area contributed by atoms with E-state index >= 15 is 0 Å². The monoisotopic (exact) mass is 251 g/mol. The molecule has 0 aromatic heterocycles. The third-order valence-electron chi connectivity index (χ3n) is 2.78. The molecule has 0 aliphatic carbocycles. The molecule has 1 rings (SSSR count). The fraction of sp³-hybridized carbons (Fsp3) is 0.600. The molecule has 0 heterocycles. The lowest BCUT2D eigenvalue weighted by atomic mass is 9.85. The number of rotatable bonds is 6. The fourth-order valence-electron chi connectivity index (χ4n) is 2.02. The molecule has 18 heavy (non-hydrogen) atoms. The maximum Gasteiger partial charge on any atom is 0.161 e. The molecule has 1 atom stereocenters. The highest BCUT2D eigenvalue weighted by molar-refractivity contribution is 5.39. The van der Waals surface area contributed by atoms with E-state index in [9.17, 15) is 0 Å². The van der Waals surface area contributed by atoms with Gasteiger partial charge < -0.3 is 15.2 Å². The van der Waals surface area contributed by atoms with Crippen molar-refractivity contribution in [2.24, 2.45) is 17.1 Å². The summed E-state index contributed by atoms with van der Waals surface area (Å²) in [5.74, 6) is 1.92. The van der Waals surface area contributed by atoms with Crippen molar-refractivity contribution in [3.63, 3.8) is 0 Å². The molecular formula is C15H25NO2. The number of hydrogen-bond acceptors (Lipinski definition) is 3. The first-order valence-corrected chi connectivity index (χ1v) is 6.42. The lowest BCUT2D eigenvalue weighted by molar-refractivity contribution is 0.194. The van der Waals surface area contributed by atoms with Crippen molar-refractivity contribution < 1.29 is 9.47 Å². The van der Waals surface area contributed by atoms with Crippen molar-refractivity contribution in [1.29, 1.82) is 0 Å². The van der Waals surface area contributed by atoms with Crippen molar-refractivity contribution in [2.75, 3.05) is 20.3 Å². The van der Waals surface area contributed by atoms with E-state index in [4.69, 9.17) is 15.2 Å². The number of ether oxygens (including phenoxy) is 2. The highest BCUT2D eigenvalue weighted by Gasteiger charge is 2.18. The van der Waals surface area contributed by atoms with Crippen molar-refractivity contribution >= 4 is 0 Å². The summed E-state index contributed by atoms with van der Waals surface area (Å²) in [5, 5.41) is 0. The zero-order valence-electron chi connectivity index (χ0n) is 11.9. The molecule has 0 aliphatic heterocycles. The predicted octanol–water partition coefficient (Wildman–Crippen LogP) is 3.09. The average molecular weight is 251 g/mol. The van der Waals surface area contributed by atoms with E-state index in [0.29, 0.717) is 19.1 Å². The van der Waals surface area contributed by atoms with E-state index in [1.165, 1.54) is 0 Å². The van der Waals surface area contributed by atoms with Crippen LogP contribution in [0.4, 0.5) is 0 Å². The van der Waals surface area contributed by atoms with E-state index in [-0.39, 0.29) is 5.41 Å². The van der Waals surface area contributed by atoms with Crippen LogP contribution in [0.3, 0.4) is 0 Å². The summed E-state index contributed by atoms with van der Waals surface area (Å²) in [4.78, 5) is 0. The van der Waals surface area contributed by atoms with Crippen LogP contribution >= 0.6 is 0 Å². The topological polar surface area (TPSA) is 44.5 Å². The van der Waals surface area contributed by atoms with E-state index in [2.05, 4.69) is 20.8 Å². The lowest BCUT2D eigenvalue weighted by Crippen LogP contribution is -2.26. The summed E-state index contributed by atoms with van der Waals surface area (Å²) in [6.45, 7) is 7.94. The minimum absolute atomic E-state index is 0.272. The minimum atomic E-state index is 0.272. The van der Waals surface area contributed by atoms with E-state index in [0.717, 1.165) is 17.9 Å². The van der Waals surface area contributed by atoms with Crippen LogP contribution in [-0.2, 0) is 0 Å². The molecule has 1 unspecified atom stereocenters. The van der Waals surface area contributed by atoms with Crippen LogP contribution in [0, 0.1) is 11.3 Å². The molecule has 0 saturated carbocycles. The van der Waals surface area contributed by atoms with Crippen molar-refractivity contribution in [3.05, 3.63) is 24.3 Å². The molecule has 3 heteroatoms. The van der Waals surface area contributed by atoms with Gasteiger partial charge in [-0.15, -0.1) is 0 Å². The van der Waals surface area contributed by atoms with Crippen LogP contribution in [0.25, 0.3) is 0 Å². The predicted molar refractivity (Wildman–Crippen MR) is 75.1 cm³/mol. The second-order valence-corrected chi connectivity index (χ2v) is 5.83. The maximum absolute atomic E-state index is 5.82. The van der Waals surface area contributed by atoms with Gasteiger partial charge in [-0.2, -0.15) is 0 Å². The second-order valence-electron chi connectivity index (χ2n) is 5.83. The molecule has 0 radical (unpaired) electrons. The number of nitrogens with two attached hydrogens (primary N) is 1. The van der Waals surface area contributed by atoms with E-state index in [1.54, 1.807) is 7.11 Å². The third kappa shape index (κ3) is 4.96. The van der Waals surface area contributed by atoms with Crippen molar-refractivity contribution in [1.82, 2.24) is 0 Å². The summed E-state index contributed by atoms with van der Waals surface area (Å²) < 4.78 is 11.1. The Labute approximate surface area is 110 Å². The molecule has 0 saturated heterocycles. The third-order valence-corrected chi connectivity index (χ3v) is 2.78. The normalized spacial score (nSPS) is 13.2. The quantitative estimate of drug-likeness (QED) is 0.845. The van der Waals surface area contributed by atoms with E-state index < -0.39 is 0 Å². The molecule has 0 bridgehead atoms. The van der Waals surface area contributed by atoms with Gasteiger partial charge in [0.2, 0.25) is 0 Å². The Morgan fingerprint density at radius 2 is 1.78 bits per heavy atom. The molecule has 2 N–H and O–H groups in total. The molecular weight excluding hydrogens is 226 g/mol. The Morgan fingerprint density at radius 3 is 2.28 bits per heavy atom. The number of methoxy groups -OCH3 is 1. The maximum atomic E-state index is 5.82. The molecule has 0 fully saturated rings. The van der Waals surface area contributed by atoms with Gasteiger partial charge in [-0.25, -0.2) is 0 Å². The summed E-state index contributed by atoms with van der Waals surface area (Å²) in [6, 6.07) is 7.69. The SMILES string of the molecule is COc1ccccc1OCC(CN)CC(C)(C)C. The zero-order chi connectivity index (χ0) is 13.6. The molecule has 102 valence electrons. The van der Waals surface area contributed by atoms with Gasteiger partial charge in [-0.3, -0.25) is 0 Å². The van der Waals surface area contributed by atoms with Crippen LogP contribution in [0.15, 0.2) is 24.3 Å². The van der Waals surface area contributed by atoms with Gasteiger partial charge in [-0.05, 0) is 30.5 Å². The standard InChI is InChI=1S/C15H25NO2/c1-15(2,3)9-12(10-16)11-18-14-8-6-5-7-13(14)17-4/h5-8,12H,9-11,16H2,1-4H3. The smallest absolute Gasteiger partial charge is 0.161 e. The van der Waals surface area contributed by atoms with Gasteiger partial charge >= 0.3 is 0 Å². The molecule has 0 aliphatic rings. The van der Waals surface area contributed by atoms with Gasteiger partial charge in [0, 0.05) is 5.92 Å². The van der Waals surface area contributed by atoms with Crippen LogP contribution < -0.4 is 15.2 Å². The Kier molecular flexibility index (Phi) is 5.48. The lowest BCUT2D eigenvalue weighted by Gasteiger charge is -2.25. The summed E-state index contributed by atoms with van der Waals surface area (Å²) in [5.41, 5.74) is 6.08. The number of para-hydroxylation sites is 2. The molecule has 0 amide bonds. The Bertz CT molecular complexity index is 358. The summed E-state index contributed by atoms with van der Waals surface area (Å²) in [7, 11) is 1.65. The van der Waals surface area contributed by atoms with Crippen LogP contribution in [0.2, 0.25) is 0 Å². The summed E-state index contributed by atoms with van der Waals surface area (Å²) >= 11 is 0. The minimum Gasteiger partial charge on any atom is -0.493 e. The summed E-state index contributed by atoms with van der Waals surface area (Å²) in [6.07, 6.45) is 1.05. The Hall–Kier alpha value is -1.22. The highest BCUT2D eigenvalue weighted by Crippen LogP contribution is 2.28. The van der Waals surface area contributed by atoms with Crippen molar-refractivity contribution in [2.45, 2.75) is 27.2 Å². The molecule has 1 aromatic carbocycles. The van der Waals surface area contributed by atoms with Crippen LogP contribution in [0.1, 0.15) is 27.2 Å². The van der Waals surface area contributed by atoms with Crippen LogP contribution in [0.5, 0.6) is 11.5 Å². The van der Waals surface area contributed by atoms with Gasteiger partial charge in [-0.1, -0.05) is 32.9 Å². The first-order chi connectivity index (χ1) is 8.46. The first kappa shape index (κ1) is 14.8. The van der Waals surface area contributed by atoms with Gasteiger partial charge in [0.25, 0.3) is 0 Å². The highest BCUT2D eigenvalue weighted by atomic mass is 16.5. The van der Waals surface area contributed by atoms with Crippen molar-refractivity contribution in [3.8, 4) is 11.5 Å². The Balaban J connectivity index is 2.57. The van der Waals surface area contributed by atoms with E-state index in [1.807, 2.05) is 24.3 Å². The fourth-order valence-corrected chi connectivity index (χ4v) is 2.02. The van der Waals surface area contributed by atoms with Gasteiger partial charge in [0.1, 0.15) is 0 Å². The average Bonchev–Trinajstić information content (AvgIpc) is 2.33.